The Morgan fingerprint density at radius 2 is 1.80 bits per heavy atom. The molecule has 2 aromatic carbocycles. The van der Waals surface area contributed by atoms with Gasteiger partial charge in [-0.25, -0.2) is 0 Å². The molecule has 0 bridgehead atoms. The van der Waals surface area contributed by atoms with Crippen molar-refractivity contribution in [1.29, 1.82) is 0 Å². The lowest BCUT2D eigenvalue weighted by Gasteiger charge is -2.12. The molecule has 3 rings (SSSR count). The molecule has 0 atom stereocenters. The fourth-order valence-corrected chi connectivity index (χ4v) is 3.50. The number of hydrogen-bond acceptors (Lipinski definition) is 4. The summed E-state index contributed by atoms with van der Waals surface area (Å²) in [6.45, 7) is 2.35. The van der Waals surface area contributed by atoms with Crippen LogP contribution in [0.3, 0.4) is 0 Å². The zero-order valence-corrected chi connectivity index (χ0v) is 15.4. The molecule has 0 aliphatic rings. The van der Waals surface area contributed by atoms with Crippen molar-refractivity contribution in [3.63, 3.8) is 0 Å². The average Bonchev–Trinajstić information content (AvgIpc) is 2.58. The molecule has 0 unspecified atom stereocenters. The van der Waals surface area contributed by atoms with Gasteiger partial charge >= 0.3 is 0 Å². The fourth-order valence-electron chi connectivity index (χ4n) is 2.81. The number of hydrogen-bond donors (Lipinski definition) is 1. The Morgan fingerprint density at radius 1 is 1.08 bits per heavy atom. The number of nitrogens with zero attached hydrogens (tertiary/aromatic N) is 1. The SMILES string of the molecule is CCOc1ccc2c(Cc3cc(Cl)c(OC)c(Cl)c3)cncc2c1O. The van der Waals surface area contributed by atoms with E-state index in [-0.39, 0.29) is 5.75 Å². The van der Waals surface area contributed by atoms with Gasteiger partial charge in [0, 0.05) is 17.8 Å². The topological polar surface area (TPSA) is 51.6 Å². The summed E-state index contributed by atoms with van der Waals surface area (Å²) in [5.41, 5.74) is 1.88. The Balaban J connectivity index is 2.04. The predicted octanol–water partition coefficient (Wildman–Crippen LogP) is 5.25. The van der Waals surface area contributed by atoms with Crippen molar-refractivity contribution >= 4 is 34.0 Å². The number of halogens is 2. The maximum absolute atomic E-state index is 10.4. The molecule has 0 fully saturated rings. The van der Waals surface area contributed by atoms with Crippen molar-refractivity contribution < 1.29 is 14.6 Å². The van der Waals surface area contributed by atoms with Crippen LogP contribution < -0.4 is 9.47 Å². The van der Waals surface area contributed by atoms with Gasteiger partial charge in [0.05, 0.1) is 23.8 Å². The van der Waals surface area contributed by atoms with Gasteiger partial charge in [-0.15, -0.1) is 0 Å². The molecule has 1 aromatic heterocycles. The second-order valence-electron chi connectivity index (χ2n) is 5.51. The van der Waals surface area contributed by atoms with E-state index in [1.165, 1.54) is 7.11 Å². The summed E-state index contributed by atoms with van der Waals surface area (Å²) in [4.78, 5) is 4.24. The molecule has 130 valence electrons. The minimum Gasteiger partial charge on any atom is -0.504 e. The number of rotatable bonds is 5. The Morgan fingerprint density at radius 3 is 2.44 bits per heavy atom. The van der Waals surface area contributed by atoms with Gasteiger partial charge in [-0.05, 0) is 48.1 Å². The number of ether oxygens (including phenoxy) is 2. The Bertz CT molecular complexity index is 905. The number of aromatic nitrogens is 1. The molecule has 1 heterocycles. The Hall–Kier alpha value is -2.17. The first-order valence-corrected chi connectivity index (χ1v) is 8.54. The normalized spacial score (nSPS) is 10.9. The first kappa shape index (κ1) is 17.6. The molecular formula is C19H17Cl2NO3. The van der Waals surface area contributed by atoms with Gasteiger partial charge in [0.1, 0.15) is 0 Å². The highest BCUT2D eigenvalue weighted by molar-refractivity contribution is 6.37. The van der Waals surface area contributed by atoms with Crippen molar-refractivity contribution in [2.75, 3.05) is 13.7 Å². The smallest absolute Gasteiger partial charge is 0.167 e. The fraction of sp³-hybridized carbons (Fsp3) is 0.211. The van der Waals surface area contributed by atoms with Gasteiger partial charge in [0.15, 0.2) is 17.2 Å². The van der Waals surface area contributed by atoms with E-state index in [1.807, 2.05) is 25.1 Å². The molecule has 0 spiro atoms. The molecule has 0 saturated carbocycles. The Kier molecular flexibility index (Phi) is 5.21. The van der Waals surface area contributed by atoms with E-state index in [9.17, 15) is 5.11 Å². The van der Waals surface area contributed by atoms with E-state index in [2.05, 4.69) is 4.98 Å². The van der Waals surface area contributed by atoms with Gasteiger partial charge in [0.25, 0.3) is 0 Å². The second kappa shape index (κ2) is 7.38. The summed E-state index contributed by atoms with van der Waals surface area (Å²) in [7, 11) is 1.53. The average molecular weight is 378 g/mol. The van der Waals surface area contributed by atoms with E-state index in [1.54, 1.807) is 18.5 Å². The maximum Gasteiger partial charge on any atom is 0.167 e. The Labute approximate surface area is 155 Å². The first-order chi connectivity index (χ1) is 12.0. The lowest BCUT2D eigenvalue weighted by atomic mass is 10.00. The maximum atomic E-state index is 10.4. The van der Waals surface area contributed by atoms with Gasteiger partial charge in [-0.3, -0.25) is 4.98 Å². The van der Waals surface area contributed by atoms with Gasteiger partial charge in [-0.1, -0.05) is 29.3 Å². The molecule has 3 aromatic rings. The van der Waals surface area contributed by atoms with Crippen LogP contribution in [0.25, 0.3) is 10.8 Å². The number of phenols is 1. The monoisotopic (exact) mass is 377 g/mol. The highest BCUT2D eigenvalue weighted by Crippen LogP contribution is 2.37. The van der Waals surface area contributed by atoms with Gasteiger partial charge < -0.3 is 14.6 Å². The number of methoxy groups -OCH3 is 1. The van der Waals surface area contributed by atoms with Gasteiger partial charge in [-0.2, -0.15) is 0 Å². The molecule has 25 heavy (non-hydrogen) atoms. The molecule has 0 radical (unpaired) electrons. The van der Waals surface area contributed by atoms with Crippen molar-refractivity contribution in [3.05, 3.63) is 57.8 Å². The first-order valence-electron chi connectivity index (χ1n) is 7.78. The van der Waals surface area contributed by atoms with Crippen molar-refractivity contribution in [1.82, 2.24) is 4.98 Å². The summed E-state index contributed by atoms with van der Waals surface area (Å²) in [6, 6.07) is 7.32. The van der Waals surface area contributed by atoms with E-state index < -0.39 is 0 Å². The third-order valence-electron chi connectivity index (χ3n) is 3.92. The number of benzene rings is 2. The molecule has 4 nitrogen and oxygen atoms in total. The highest BCUT2D eigenvalue weighted by Gasteiger charge is 2.13. The number of phenolic OH excluding ortho intramolecular Hbond substituents is 1. The molecule has 0 aliphatic heterocycles. The van der Waals surface area contributed by atoms with Crippen LogP contribution in [0.15, 0.2) is 36.7 Å². The molecule has 0 aliphatic carbocycles. The lowest BCUT2D eigenvalue weighted by molar-refractivity contribution is 0.320. The summed E-state index contributed by atoms with van der Waals surface area (Å²) < 4.78 is 10.6. The number of pyridine rings is 1. The van der Waals surface area contributed by atoms with E-state index in [0.717, 1.165) is 16.5 Å². The minimum absolute atomic E-state index is 0.0968. The van der Waals surface area contributed by atoms with Crippen LogP contribution in [0, 0.1) is 0 Å². The minimum atomic E-state index is 0.0968. The van der Waals surface area contributed by atoms with Crippen LogP contribution in [0.4, 0.5) is 0 Å². The van der Waals surface area contributed by atoms with Crippen LogP contribution in [0.2, 0.25) is 10.0 Å². The zero-order valence-electron chi connectivity index (χ0n) is 13.8. The lowest BCUT2D eigenvalue weighted by Crippen LogP contribution is -1.96. The van der Waals surface area contributed by atoms with Crippen LogP contribution in [0.5, 0.6) is 17.2 Å². The van der Waals surface area contributed by atoms with Crippen LogP contribution in [-0.4, -0.2) is 23.8 Å². The summed E-state index contributed by atoms with van der Waals surface area (Å²) in [5, 5.41) is 12.9. The summed E-state index contributed by atoms with van der Waals surface area (Å²) in [5.74, 6) is 1.01. The molecule has 6 heteroatoms. The predicted molar refractivity (Wildman–Crippen MR) is 100 cm³/mol. The molecule has 1 N–H and O–H groups in total. The van der Waals surface area contributed by atoms with Crippen LogP contribution in [-0.2, 0) is 6.42 Å². The number of fused-ring (bicyclic) bond motifs is 1. The van der Waals surface area contributed by atoms with E-state index >= 15 is 0 Å². The number of aromatic hydroxyl groups is 1. The molecular weight excluding hydrogens is 361 g/mol. The van der Waals surface area contributed by atoms with E-state index in [0.29, 0.717) is 40.0 Å². The second-order valence-corrected chi connectivity index (χ2v) is 6.32. The zero-order chi connectivity index (χ0) is 18.0. The standard InChI is InChI=1S/C19H17Cl2NO3/c1-3-25-17-5-4-13-12(9-22-10-14(13)18(17)23)6-11-7-15(20)19(24-2)16(21)8-11/h4-5,7-10,23H,3,6H2,1-2H3. The van der Waals surface area contributed by atoms with Crippen LogP contribution >= 0.6 is 23.2 Å². The third-order valence-corrected chi connectivity index (χ3v) is 4.48. The van der Waals surface area contributed by atoms with Gasteiger partial charge in [0.2, 0.25) is 0 Å². The molecule has 0 amide bonds. The largest absolute Gasteiger partial charge is 0.504 e. The third kappa shape index (κ3) is 3.46. The highest BCUT2D eigenvalue weighted by atomic mass is 35.5. The van der Waals surface area contributed by atoms with Crippen molar-refractivity contribution in [2.45, 2.75) is 13.3 Å². The quantitative estimate of drug-likeness (QED) is 0.659. The van der Waals surface area contributed by atoms with E-state index in [4.69, 9.17) is 32.7 Å². The molecule has 0 saturated heterocycles. The van der Waals surface area contributed by atoms with Crippen molar-refractivity contribution in [2.24, 2.45) is 0 Å². The summed E-state index contributed by atoms with van der Waals surface area (Å²) >= 11 is 12.4. The summed E-state index contributed by atoms with van der Waals surface area (Å²) in [6.07, 6.45) is 3.97. The van der Waals surface area contributed by atoms with Crippen molar-refractivity contribution in [3.8, 4) is 17.2 Å². The van der Waals surface area contributed by atoms with Crippen LogP contribution in [0.1, 0.15) is 18.1 Å².